The van der Waals surface area contributed by atoms with Crippen LogP contribution in [0, 0.1) is 0 Å². The molecule has 1 atom stereocenters. The third-order valence-electron chi connectivity index (χ3n) is 3.49. The number of nitrogens with zero attached hydrogens (tertiary/aromatic N) is 1. The van der Waals surface area contributed by atoms with Crippen molar-refractivity contribution in [2.24, 2.45) is 0 Å². The Morgan fingerprint density at radius 3 is 2.84 bits per heavy atom. The lowest BCUT2D eigenvalue weighted by Gasteiger charge is -2.28. The summed E-state index contributed by atoms with van der Waals surface area (Å²) in [6.45, 7) is 0. The minimum absolute atomic E-state index is 0.279. The van der Waals surface area contributed by atoms with E-state index in [1.54, 1.807) is 18.4 Å². The van der Waals surface area contributed by atoms with Crippen LogP contribution in [0.15, 0.2) is 58.9 Å². The normalized spacial score (nSPS) is 23.9. The molecule has 2 aliphatic rings. The van der Waals surface area contributed by atoms with E-state index in [-0.39, 0.29) is 5.76 Å². The van der Waals surface area contributed by atoms with Crippen LogP contribution in [0.5, 0.6) is 0 Å². The highest BCUT2D eigenvalue weighted by atomic mass is 16.3. The first-order valence-corrected chi connectivity index (χ1v) is 5.90. The molecule has 0 saturated heterocycles. The lowest BCUT2D eigenvalue weighted by atomic mass is 10.1. The maximum atomic E-state index is 12.2. The van der Waals surface area contributed by atoms with E-state index in [9.17, 15) is 9.90 Å². The summed E-state index contributed by atoms with van der Waals surface area (Å²) in [5, 5.41) is 13.0. The molecule has 0 unspecified atom stereocenters. The zero-order valence-electron chi connectivity index (χ0n) is 9.83. The van der Waals surface area contributed by atoms with Gasteiger partial charge in [-0.2, -0.15) is 0 Å². The second-order valence-corrected chi connectivity index (χ2v) is 4.56. The molecular weight excluding hydrogens is 244 g/mol. The topological polar surface area (TPSA) is 65.7 Å². The summed E-state index contributed by atoms with van der Waals surface area (Å²) < 4.78 is 5.44. The Morgan fingerprint density at radius 2 is 2.05 bits per heavy atom. The van der Waals surface area contributed by atoms with Gasteiger partial charge in [0, 0.05) is 6.08 Å². The number of carbonyl (C=O) groups excluding carboxylic acids is 1. The van der Waals surface area contributed by atoms with Crippen molar-refractivity contribution in [3.05, 3.63) is 60.3 Å². The Kier molecular flexibility index (Phi) is 1.73. The van der Waals surface area contributed by atoms with E-state index in [2.05, 4.69) is 5.32 Å². The van der Waals surface area contributed by atoms with Gasteiger partial charge < -0.3 is 14.8 Å². The van der Waals surface area contributed by atoms with Crippen LogP contribution in [0.1, 0.15) is 5.76 Å². The molecule has 0 bridgehead atoms. The summed E-state index contributed by atoms with van der Waals surface area (Å²) in [5.41, 5.74) is 0.592. The molecule has 1 amide bonds. The van der Waals surface area contributed by atoms with Crippen LogP contribution in [0.25, 0.3) is 0 Å². The van der Waals surface area contributed by atoms with Gasteiger partial charge in [-0.25, -0.2) is 0 Å². The SMILES string of the molecule is O=C1C(O)=C[C@]2(c3ccco3)Nc3ccccc3N12. The summed E-state index contributed by atoms with van der Waals surface area (Å²) in [6.07, 6.45) is 3.02. The molecule has 5 nitrogen and oxygen atoms in total. The minimum Gasteiger partial charge on any atom is -0.503 e. The van der Waals surface area contributed by atoms with Crippen LogP contribution >= 0.6 is 0 Å². The summed E-state index contributed by atoms with van der Waals surface area (Å²) in [5.74, 6) is -0.159. The number of rotatable bonds is 1. The average Bonchev–Trinajstić information content (AvgIpc) is 3.07. The summed E-state index contributed by atoms with van der Waals surface area (Å²) in [4.78, 5) is 13.7. The lowest BCUT2D eigenvalue weighted by molar-refractivity contribution is -0.117. The second kappa shape index (κ2) is 3.20. The third-order valence-corrected chi connectivity index (χ3v) is 3.49. The predicted octanol–water partition coefficient (Wildman–Crippen LogP) is 2.35. The number of benzene rings is 1. The van der Waals surface area contributed by atoms with Gasteiger partial charge in [0.15, 0.2) is 11.5 Å². The number of fused-ring (bicyclic) bond motifs is 3. The van der Waals surface area contributed by atoms with Gasteiger partial charge in [0.25, 0.3) is 5.91 Å². The van der Waals surface area contributed by atoms with Gasteiger partial charge in [-0.15, -0.1) is 0 Å². The molecule has 3 heterocycles. The number of amides is 1. The number of anilines is 2. The van der Waals surface area contributed by atoms with Crippen molar-refractivity contribution >= 4 is 17.3 Å². The summed E-state index contributed by atoms with van der Waals surface area (Å²) in [7, 11) is 0. The number of nitrogens with one attached hydrogen (secondary N) is 1. The lowest BCUT2D eigenvalue weighted by Crippen LogP contribution is -2.45. The van der Waals surface area contributed by atoms with Crippen molar-refractivity contribution in [1.29, 1.82) is 0 Å². The standard InChI is InChI=1S/C14H10N2O3/c17-11-8-14(12-6-3-7-19-12)15-9-4-1-2-5-10(9)16(14)13(11)18/h1-8,15,17H/t14-/m0/s1. The fourth-order valence-corrected chi connectivity index (χ4v) is 2.71. The highest BCUT2D eigenvalue weighted by Crippen LogP contribution is 2.49. The molecule has 2 N–H and O–H groups in total. The smallest absolute Gasteiger partial charge is 0.295 e. The maximum Gasteiger partial charge on any atom is 0.295 e. The number of furan rings is 1. The molecule has 0 radical (unpaired) electrons. The molecule has 1 aromatic carbocycles. The molecule has 19 heavy (non-hydrogen) atoms. The Hall–Kier alpha value is -2.69. The van der Waals surface area contributed by atoms with E-state index in [0.717, 1.165) is 11.4 Å². The maximum absolute atomic E-state index is 12.2. The zero-order chi connectivity index (χ0) is 13.0. The highest BCUT2D eigenvalue weighted by Gasteiger charge is 2.54. The van der Waals surface area contributed by atoms with Crippen LogP contribution in [0.2, 0.25) is 0 Å². The monoisotopic (exact) mass is 254 g/mol. The molecule has 0 saturated carbocycles. The van der Waals surface area contributed by atoms with Gasteiger partial charge in [-0.05, 0) is 24.3 Å². The number of aliphatic hydroxyl groups is 1. The Balaban J connectivity index is 1.98. The van der Waals surface area contributed by atoms with Gasteiger partial charge in [-0.1, -0.05) is 12.1 Å². The molecule has 1 aromatic heterocycles. The highest BCUT2D eigenvalue weighted by molar-refractivity contribution is 6.12. The average molecular weight is 254 g/mol. The van der Waals surface area contributed by atoms with Gasteiger partial charge >= 0.3 is 0 Å². The largest absolute Gasteiger partial charge is 0.503 e. The van der Waals surface area contributed by atoms with Gasteiger partial charge in [0.2, 0.25) is 5.66 Å². The molecule has 0 aliphatic carbocycles. The summed E-state index contributed by atoms with van der Waals surface area (Å²) in [6, 6.07) is 11.0. The van der Waals surface area contributed by atoms with Gasteiger partial charge in [0.1, 0.15) is 0 Å². The van der Waals surface area contributed by atoms with E-state index in [1.165, 1.54) is 11.0 Å². The van der Waals surface area contributed by atoms with Crippen LogP contribution in [-0.4, -0.2) is 11.0 Å². The first-order chi connectivity index (χ1) is 9.22. The molecular formula is C14H10N2O3. The fraction of sp³-hybridized carbons (Fsp3) is 0.0714. The van der Waals surface area contributed by atoms with Crippen LogP contribution in [0.4, 0.5) is 11.4 Å². The Labute approximate surface area is 108 Å². The molecule has 4 rings (SSSR count). The quantitative estimate of drug-likeness (QED) is 0.819. The molecule has 0 fully saturated rings. The number of para-hydroxylation sites is 2. The van der Waals surface area contributed by atoms with E-state index < -0.39 is 11.6 Å². The van der Waals surface area contributed by atoms with Crippen molar-refractivity contribution in [3.8, 4) is 0 Å². The van der Waals surface area contributed by atoms with Crippen LogP contribution < -0.4 is 10.2 Å². The second-order valence-electron chi connectivity index (χ2n) is 4.56. The molecule has 94 valence electrons. The van der Waals surface area contributed by atoms with E-state index >= 15 is 0 Å². The fourth-order valence-electron chi connectivity index (χ4n) is 2.71. The molecule has 2 aromatic rings. The number of carbonyl (C=O) groups is 1. The van der Waals surface area contributed by atoms with Crippen LogP contribution in [0.3, 0.4) is 0 Å². The van der Waals surface area contributed by atoms with Gasteiger partial charge in [-0.3, -0.25) is 9.69 Å². The van der Waals surface area contributed by atoms with Crippen molar-refractivity contribution in [2.75, 3.05) is 10.2 Å². The molecule has 0 spiro atoms. The molecule has 2 aliphatic heterocycles. The first-order valence-electron chi connectivity index (χ1n) is 5.90. The van der Waals surface area contributed by atoms with Gasteiger partial charge in [0.05, 0.1) is 17.6 Å². The van der Waals surface area contributed by atoms with Crippen molar-refractivity contribution in [1.82, 2.24) is 0 Å². The Bertz CT molecular complexity index is 705. The zero-order valence-corrected chi connectivity index (χ0v) is 9.83. The number of hydrogen-bond acceptors (Lipinski definition) is 4. The van der Waals surface area contributed by atoms with E-state index in [4.69, 9.17) is 4.42 Å². The number of aliphatic hydroxyl groups excluding tert-OH is 1. The minimum atomic E-state index is -0.964. The van der Waals surface area contributed by atoms with E-state index in [0.29, 0.717) is 5.76 Å². The van der Waals surface area contributed by atoms with E-state index in [1.807, 2.05) is 24.3 Å². The van der Waals surface area contributed by atoms with Crippen molar-refractivity contribution < 1.29 is 14.3 Å². The molecule has 5 heteroatoms. The van der Waals surface area contributed by atoms with Crippen molar-refractivity contribution in [2.45, 2.75) is 5.66 Å². The van der Waals surface area contributed by atoms with Crippen molar-refractivity contribution in [3.63, 3.8) is 0 Å². The first kappa shape index (κ1) is 10.3. The van der Waals surface area contributed by atoms with Crippen LogP contribution in [-0.2, 0) is 10.5 Å². The number of hydrogen-bond donors (Lipinski definition) is 2. The predicted molar refractivity (Wildman–Crippen MR) is 68.6 cm³/mol. The Morgan fingerprint density at radius 1 is 1.21 bits per heavy atom. The summed E-state index contributed by atoms with van der Waals surface area (Å²) >= 11 is 0. The third kappa shape index (κ3) is 1.12.